The molecule has 0 fully saturated rings. The molecule has 0 spiro atoms. The molecule has 2 atom stereocenters. The average molecular weight is 378 g/mol. The molecule has 88 valence electrons. The summed E-state index contributed by atoms with van der Waals surface area (Å²) in [4.78, 5) is 11.1. The van der Waals surface area contributed by atoms with E-state index in [1.54, 1.807) is 0 Å². The van der Waals surface area contributed by atoms with Crippen LogP contribution in [0.1, 0.15) is 32.1 Å². The number of halogens is 1. The smallest absolute Gasteiger partial charge is 0.309 e. The molecule has 0 saturated carbocycles. The van der Waals surface area contributed by atoms with E-state index in [1.165, 1.54) is 0 Å². The molecule has 0 amide bonds. The number of alkyl halides is 1. The minimum Gasteiger partial charge on any atom is -0.437 e. The molecule has 0 aromatic carbocycles. The van der Waals surface area contributed by atoms with Gasteiger partial charge in [0.05, 0.1) is 0 Å². The fourth-order valence-electron chi connectivity index (χ4n) is 1.05. The molecule has 0 aromatic rings. The lowest BCUT2D eigenvalue weighted by atomic mass is 10.1. The Morgan fingerprint density at radius 3 is 2.60 bits per heavy atom. The van der Waals surface area contributed by atoms with Crippen LogP contribution in [-0.2, 0) is 9.32 Å². The van der Waals surface area contributed by atoms with Gasteiger partial charge < -0.3 is 4.52 Å². The lowest BCUT2D eigenvalue weighted by molar-refractivity contribution is -0.133. The third kappa shape index (κ3) is 13.2. The van der Waals surface area contributed by atoms with E-state index in [0.29, 0.717) is 6.42 Å². The number of unbranched alkanes of at least 4 members (excludes halogenated alkanes) is 3. The van der Waals surface area contributed by atoms with E-state index in [9.17, 15) is 4.79 Å². The summed E-state index contributed by atoms with van der Waals surface area (Å²) in [7, 11) is 4.27. The van der Waals surface area contributed by atoms with Crippen molar-refractivity contribution in [1.82, 2.24) is 0 Å². The van der Waals surface area contributed by atoms with Gasteiger partial charge in [-0.25, -0.2) is 0 Å². The van der Waals surface area contributed by atoms with Crippen molar-refractivity contribution >= 4 is 53.9 Å². The van der Waals surface area contributed by atoms with E-state index in [0.717, 1.165) is 30.1 Å². The summed E-state index contributed by atoms with van der Waals surface area (Å²) in [5, 5.41) is 0. The Morgan fingerprint density at radius 1 is 1.27 bits per heavy atom. The van der Waals surface area contributed by atoms with Crippen molar-refractivity contribution in [3.63, 3.8) is 0 Å². The monoisotopic (exact) mass is 378 g/mol. The van der Waals surface area contributed by atoms with Gasteiger partial charge in [0, 0.05) is 10.8 Å². The molecule has 0 aliphatic heterocycles. The second kappa shape index (κ2) is 11.7. The van der Waals surface area contributed by atoms with Crippen molar-refractivity contribution < 1.29 is 9.32 Å². The Kier molecular flexibility index (Phi) is 12.7. The number of rotatable bonds is 8. The lowest BCUT2D eigenvalue weighted by Crippen LogP contribution is -1.97. The molecular weight excluding hydrogens is 360 g/mol. The molecule has 0 radical (unpaired) electrons. The van der Waals surface area contributed by atoms with Gasteiger partial charge >= 0.3 is 5.97 Å². The average Bonchev–Trinajstić information content (AvgIpc) is 2.15. The van der Waals surface area contributed by atoms with Crippen molar-refractivity contribution in [2.45, 2.75) is 32.1 Å². The van der Waals surface area contributed by atoms with E-state index in [-0.39, 0.29) is 5.97 Å². The zero-order valence-electron chi connectivity index (χ0n) is 8.69. The van der Waals surface area contributed by atoms with Gasteiger partial charge in [0.15, 0.2) is 0 Å². The molecular formula is C9H18IO2P3. The van der Waals surface area contributed by atoms with Crippen molar-refractivity contribution in [2.24, 2.45) is 0 Å². The first kappa shape index (κ1) is 16.2. The van der Waals surface area contributed by atoms with Crippen LogP contribution in [0, 0.1) is 0 Å². The number of carbonyl (C=O) groups excluding carboxylic acids is 1. The second-order valence-corrected chi connectivity index (χ2v) is 9.67. The molecule has 0 N–H and O–H groups in total. The molecule has 0 saturated heterocycles. The van der Waals surface area contributed by atoms with Crippen LogP contribution in [0.15, 0.2) is 12.2 Å². The first-order valence-electron chi connectivity index (χ1n) is 4.88. The maximum Gasteiger partial charge on any atom is 0.309 e. The van der Waals surface area contributed by atoms with Gasteiger partial charge in [-0.05, 0) is 19.3 Å². The van der Waals surface area contributed by atoms with E-state index in [4.69, 9.17) is 4.52 Å². The topological polar surface area (TPSA) is 26.3 Å². The molecule has 2 unspecified atom stereocenters. The summed E-state index contributed by atoms with van der Waals surface area (Å²) in [6, 6.07) is 0. The quantitative estimate of drug-likeness (QED) is 0.205. The van der Waals surface area contributed by atoms with E-state index in [1.807, 2.05) is 0 Å². The maximum atomic E-state index is 11.1. The predicted octanol–water partition coefficient (Wildman–Crippen LogP) is 4.45. The molecule has 0 bridgehead atoms. The molecule has 2 nitrogen and oxygen atoms in total. The van der Waals surface area contributed by atoms with Crippen LogP contribution in [0.2, 0.25) is 0 Å². The standard InChI is InChI=1S/C9H18IO2P3/c10-8-6-4-2-1-3-5-7-9(11)12-15(13)14/h4,6H,1-3,5,7-8,13-14H2/b6-4+. The highest BCUT2D eigenvalue weighted by molar-refractivity contribution is 14.1. The van der Waals surface area contributed by atoms with Crippen molar-refractivity contribution in [3.05, 3.63) is 12.2 Å². The van der Waals surface area contributed by atoms with Crippen molar-refractivity contribution in [3.8, 4) is 0 Å². The summed E-state index contributed by atoms with van der Waals surface area (Å²) in [6.45, 7) is 0. The minimum atomic E-state index is -0.701. The zero-order chi connectivity index (χ0) is 11.5. The maximum absolute atomic E-state index is 11.1. The highest BCUT2D eigenvalue weighted by Crippen LogP contribution is 2.53. The molecule has 15 heavy (non-hydrogen) atoms. The number of carbonyl (C=O) groups is 1. The Labute approximate surface area is 112 Å². The van der Waals surface area contributed by atoms with Crippen molar-refractivity contribution in [1.29, 1.82) is 0 Å². The Hall–Kier alpha value is 1.23. The number of allylic oxidation sites excluding steroid dienone is 2. The van der Waals surface area contributed by atoms with Crippen LogP contribution >= 0.6 is 48.0 Å². The third-order valence-electron chi connectivity index (χ3n) is 1.71. The molecule has 0 heterocycles. The van der Waals surface area contributed by atoms with Gasteiger partial charge in [0.1, 0.15) is 7.53 Å². The predicted molar refractivity (Wildman–Crippen MR) is 83.5 cm³/mol. The van der Waals surface area contributed by atoms with Crippen LogP contribution < -0.4 is 0 Å². The SMILES string of the molecule is O=C(CCCCC/C=C/CI)OP(P)P. The summed E-state index contributed by atoms with van der Waals surface area (Å²) in [5.74, 6) is -0.0751. The van der Waals surface area contributed by atoms with Gasteiger partial charge in [0.2, 0.25) is 0 Å². The molecule has 0 aliphatic rings. The van der Waals surface area contributed by atoms with Gasteiger partial charge in [-0.15, -0.1) is 0 Å². The first-order chi connectivity index (χ1) is 7.16. The summed E-state index contributed by atoms with van der Waals surface area (Å²) >= 11 is 2.33. The largest absolute Gasteiger partial charge is 0.437 e. The number of hydrogen-bond acceptors (Lipinski definition) is 2. The van der Waals surface area contributed by atoms with Crippen LogP contribution in [0.25, 0.3) is 0 Å². The van der Waals surface area contributed by atoms with E-state index < -0.39 is 7.53 Å². The highest BCUT2D eigenvalue weighted by Gasteiger charge is 2.04. The molecule has 6 heteroatoms. The van der Waals surface area contributed by atoms with Gasteiger partial charge in [-0.1, -0.05) is 59.0 Å². The Morgan fingerprint density at radius 2 is 2.00 bits per heavy atom. The summed E-state index contributed by atoms with van der Waals surface area (Å²) < 4.78 is 6.11. The third-order valence-corrected chi connectivity index (χ3v) is 3.27. The van der Waals surface area contributed by atoms with Crippen LogP contribution in [0.4, 0.5) is 0 Å². The minimum absolute atomic E-state index is 0.0751. The molecule has 0 aliphatic carbocycles. The summed E-state index contributed by atoms with van der Waals surface area (Å²) in [5.41, 5.74) is 0. The second-order valence-electron chi connectivity index (χ2n) is 3.05. The van der Waals surface area contributed by atoms with Gasteiger partial charge in [-0.2, -0.15) is 0 Å². The zero-order valence-corrected chi connectivity index (χ0v) is 14.1. The number of hydrogen-bond donors (Lipinski definition) is 0. The van der Waals surface area contributed by atoms with E-state index >= 15 is 0 Å². The Bertz CT molecular complexity index is 198. The van der Waals surface area contributed by atoms with E-state index in [2.05, 4.69) is 52.6 Å². The van der Waals surface area contributed by atoms with Gasteiger partial charge in [0.25, 0.3) is 0 Å². The van der Waals surface area contributed by atoms with Crippen LogP contribution in [-0.4, -0.2) is 10.4 Å². The fourth-order valence-corrected chi connectivity index (χ4v) is 2.44. The van der Waals surface area contributed by atoms with Crippen molar-refractivity contribution in [2.75, 3.05) is 4.43 Å². The molecule has 0 rings (SSSR count). The van der Waals surface area contributed by atoms with Crippen LogP contribution in [0.3, 0.4) is 0 Å². The Balaban J connectivity index is 3.23. The molecule has 0 aromatic heterocycles. The van der Waals surface area contributed by atoms with Crippen LogP contribution in [0.5, 0.6) is 0 Å². The normalized spacial score (nSPS) is 11.2. The first-order valence-corrected chi connectivity index (χ1v) is 10.9. The lowest BCUT2D eigenvalue weighted by Gasteiger charge is -2.06. The fraction of sp³-hybridized carbons (Fsp3) is 0.667. The summed E-state index contributed by atoms with van der Waals surface area (Å²) in [6.07, 6.45) is 9.26. The van der Waals surface area contributed by atoms with Gasteiger partial charge in [-0.3, -0.25) is 4.79 Å². The highest BCUT2D eigenvalue weighted by atomic mass is 127.